The van der Waals surface area contributed by atoms with Gasteiger partial charge in [0.2, 0.25) is 0 Å². The van der Waals surface area contributed by atoms with E-state index in [1.807, 2.05) is 6.92 Å². The molecule has 0 radical (unpaired) electrons. The normalized spacial score (nSPS) is 13.0. The molecule has 0 nitrogen and oxygen atoms in total. The number of rotatable bonds is 2. The fourth-order valence-electron chi connectivity index (χ4n) is 1.23. The molecule has 2 heteroatoms. The van der Waals surface area contributed by atoms with E-state index < -0.39 is 6.67 Å². The van der Waals surface area contributed by atoms with Crippen molar-refractivity contribution in [1.29, 1.82) is 0 Å². The van der Waals surface area contributed by atoms with Crippen LogP contribution in [0.1, 0.15) is 24.0 Å². The van der Waals surface area contributed by atoms with Gasteiger partial charge in [0.15, 0.2) is 0 Å². The molecule has 0 aromatic heterocycles. The molecule has 0 bridgehead atoms. The van der Waals surface area contributed by atoms with Gasteiger partial charge in [-0.25, -0.2) is 4.39 Å². The average Bonchev–Trinajstić information content (AvgIpc) is 2.08. The minimum absolute atomic E-state index is 0.208. The van der Waals surface area contributed by atoms with Crippen molar-refractivity contribution in [3.63, 3.8) is 0 Å². The van der Waals surface area contributed by atoms with Gasteiger partial charge in [0, 0.05) is 5.92 Å². The molecule has 0 fully saturated rings. The third-order valence-electron chi connectivity index (χ3n) is 2.00. The lowest BCUT2D eigenvalue weighted by atomic mass is 9.97. The topological polar surface area (TPSA) is 0 Å². The number of hydrogen-bond acceptors (Lipinski definition) is 0. The molecule has 1 aromatic carbocycles. The number of aryl methyl sites for hydroxylation is 1. The molecular formula is C10H12F2. The molecule has 0 aliphatic carbocycles. The largest absolute Gasteiger partial charge is 0.250 e. The lowest BCUT2D eigenvalue weighted by Crippen LogP contribution is -1.98. The van der Waals surface area contributed by atoms with Crippen LogP contribution < -0.4 is 0 Å². The maximum atomic E-state index is 12.7. The van der Waals surface area contributed by atoms with Crippen LogP contribution in [0.3, 0.4) is 0 Å². The van der Waals surface area contributed by atoms with Gasteiger partial charge >= 0.3 is 0 Å². The fourth-order valence-corrected chi connectivity index (χ4v) is 1.23. The maximum Gasteiger partial charge on any atom is 0.123 e. The highest BCUT2D eigenvalue weighted by Gasteiger charge is 2.08. The Morgan fingerprint density at radius 1 is 1.42 bits per heavy atom. The molecule has 1 atom stereocenters. The Bertz CT molecular complexity index is 269. The molecule has 0 saturated carbocycles. The van der Waals surface area contributed by atoms with Gasteiger partial charge < -0.3 is 0 Å². The summed E-state index contributed by atoms with van der Waals surface area (Å²) in [4.78, 5) is 0. The molecular weight excluding hydrogens is 158 g/mol. The quantitative estimate of drug-likeness (QED) is 0.639. The number of benzene rings is 1. The molecule has 1 aromatic rings. The van der Waals surface area contributed by atoms with E-state index in [-0.39, 0.29) is 11.7 Å². The second-order valence-electron chi connectivity index (χ2n) is 3.06. The molecule has 0 spiro atoms. The third-order valence-corrected chi connectivity index (χ3v) is 2.00. The first kappa shape index (κ1) is 9.17. The van der Waals surface area contributed by atoms with Crippen molar-refractivity contribution in [2.24, 2.45) is 0 Å². The Morgan fingerprint density at radius 2 is 2.08 bits per heavy atom. The van der Waals surface area contributed by atoms with Crippen molar-refractivity contribution in [3.8, 4) is 0 Å². The van der Waals surface area contributed by atoms with Gasteiger partial charge in [0.25, 0.3) is 0 Å². The van der Waals surface area contributed by atoms with Crippen LogP contribution in [0, 0.1) is 12.7 Å². The van der Waals surface area contributed by atoms with E-state index in [9.17, 15) is 8.78 Å². The summed E-state index contributed by atoms with van der Waals surface area (Å²) in [6, 6.07) is 4.47. The lowest BCUT2D eigenvalue weighted by molar-refractivity contribution is 0.445. The monoisotopic (exact) mass is 170 g/mol. The first-order valence-electron chi connectivity index (χ1n) is 3.97. The molecule has 1 unspecified atom stereocenters. The Labute approximate surface area is 71.2 Å². The standard InChI is InChI=1S/C10H12F2/c1-7-3-4-9(12)5-10(7)8(2)6-11/h3-5,8H,6H2,1-2H3. The summed E-state index contributed by atoms with van der Waals surface area (Å²) in [5.41, 5.74) is 1.71. The van der Waals surface area contributed by atoms with Crippen molar-refractivity contribution in [2.75, 3.05) is 6.67 Å². The second kappa shape index (κ2) is 3.65. The van der Waals surface area contributed by atoms with E-state index in [1.165, 1.54) is 12.1 Å². The SMILES string of the molecule is Cc1ccc(F)cc1C(C)CF. The highest BCUT2D eigenvalue weighted by Crippen LogP contribution is 2.20. The molecule has 12 heavy (non-hydrogen) atoms. The van der Waals surface area contributed by atoms with Crippen molar-refractivity contribution in [3.05, 3.63) is 35.1 Å². The van der Waals surface area contributed by atoms with Gasteiger partial charge in [-0.05, 0) is 30.2 Å². The summed E-state index contributed by atoms with van der Waals surface area (Å²) in [7, 11) is 0. The first-order chi connectivity index (χ1) is 5.65. The van der Waals surface area contributed by atoms with Crippen LogP contribution in [0.5, 0.6) is 0 Å². The van der Waals surface area contributed by atoms with E-state index in [1.54, 1.807) is 13.0 Å². The minimum Gasteiger partial charge on any atom is -0.250 e. The van der Waals surface area contributed by atoms with Crippen LogP contribution in [0.4, 0.5) is 8.78 Å². The van der Waals surface area contributed by atoms with Crippen LogP contribution in [-0.2, 0) is 0 Å². The van der Waals surface area contributed by atoms with Crippen molar-refractivity contribution in [2.45, 2.75) is 19.8 Å². The van der Waals surface area contributed by atoms with Crippen LogP contribution in [0.2, 0.25) is 0 Å². The average molecular weight is 170 g/mol. The number of halogens is 2. The van der Waals surface area contributed by atoms with Gasteiger partial charge in [-0.2, -0.15) is 0 Å². The molecule has 0 amide bonds. The third kappa shape index (κ3) is 1.81. The predicted molar refractivity (Wildman–Crippen MR) is 45.5 cm³/mol. The van der Waals surface area contributed by atoms with Crippen LogP contribution in [0.15, 0.2) is 18.2 Å². The smallest absolute Gasteiger partial charge is 0.123 e. The Morgan fingerprint density at radius 3 is 2.67 bits per heavy atom. The second-order valence-corrected chi connectivity index (χ2v) is 3.06. The van der Waals surface area contributed by atoms with Crippen LogP contribution in [0.25, 0.3) is 0 Å². The van der Waals surface area contributed by atoms with Crippen LogP contribution in [-0.4, -0.2) is 6.67 Å². The first-order valence-corrected chi connectivity index (χ1v) is 3.97. The lowest BCUT2D eigenvalue weighted by Gasteiger charge is -2.10. The zero-order valence-electron chi connectivity index (χ0n) is 7.27. The van der Waals surface area contributed by atoms with E-state index >= 15 is 0 Å². The van der Waals surface area contributed by atoms with Crippen molar-refractivity contribution >= 4 is 0 Å². The van der Waals surface area contributed by atoms with E-state index in [0.717, 1.165) is 11.1 Å². The summed E-state index contributed by atoms with van der Waals surface area (Å²) >= 11 is 0. The van der Waals surface area contributed by atoms with Gasteiger partial charge in [-0.15, -0.1) is 0 Å². The molecule has 0 aliphatic heterocycles. The minimum atomic E-state index is -0.440. The van der Waals surface area contributed by atoms with E-state index in [0.29, 0.717) is 0 Å². The van der Waals surface area contributed by atoms with Gasteiger partial charge in [0.05, 0.1) is 6.67 Å². The van der Waals surface area contributed by atoms with Crippen LogP contribution >= 0.6 is 0 Å². The summed E-state index contributed by atoms with van der Waals surface area (Å²) in [5.74, 6) is -0.503. The van der Waals surface area contributed by atoms with Gasteiger partial charge in [-0.1, -0.05) is 13.0 Å². The molecule has 66 valence electrons. The van der Waals surface area contributed by atoms with Crippen molar-refractivity contribution < 1.29 is 8.78 Å². The Balaban J connectivity index is 3.04. The number of hydrogen-bond donors (Lipinski definition) is 0. The predicted octanol–water partition coefficient (Wildman–Crippen LogP) is 3.21. The molecule has 0 aliphatic rings. The summed E-state index contributed by atoms with van der Waals surface area (Å²) < 4.78 is 25.0. The molecule has 0 saturated heterocycles. The number of alkyl halides is 1. The fraction of sp³-hybridized carbons (Fsp3) is 0.400. The zero-order valence-corrected chi connectivity index (χ0v) is 7.27. The summed E-state index contributed by atoms with van der Waals surface area (Å²) in [6.07, 6.45) is 0. The van der Waals surface area contributed by atoms with E-state index in [2.05, 4.69) is 0 Å². The van der Waals surface area contributed by atoms with Gasteiger partial charge in [-0.3, -0.25) is 4.39 Å². The zero-order chi connectivity index (χ0) is 9.14. The summed E-state index contributed by atoms with van der Waals surface area (Å²) in [5, 5.41) is 0. The highest BCUT2D eigenvalue weighted by molar-refractivity contribution is 5.29. The highest BCUT2D eigenvalue weighted by atomic mass is 19.1. The Hall–Kier alpha value is -0.920. The molecule has 0 heterocycles. The maximum absolute atomic E-state index is 12.7. The van der Waals surface area contributed by atoms with E-state index in [4.69, 9.17) is 0 Å². The molecule has 0 N–H and O–H groups in total. The molecule has 1 rings (SSSR count). The van der Waals surface area contributed by atoms with Gasteiger partial charge in [0.1, 0.15) is 5.82 Å². The summed E-state index contributed by atoms with van der Waals surface area (Å²) in [6.45, 7) is 3.17. The van der Waals surface area contributed by atoms with Crippen molar-refractivity contribution in [1.82, 2.24) is 0 Å². The Kier molecular flexibility index (Phi) is 2.79.